The first kappa shape index (κ1) is 22.0. The number of piperidine rings is 1. The Hall–Kier alpha value is -3.86. The topological polar surface area (TPSA) is 108 Å². The molecule has 176 valence electrons. The van der Waals surface area contributed by atoms with Crippen molar-refractivity contribution in [3.05, 3.63) is 53.7 Å². The molecule has 1 aliphatic rings. The molecule has 3 N–H and O–H groups in total. The van der Waals surface area contributed by atoms with Crippen LogP contribution in [0.4, 0.5) is 19.4 Å². The molecule has 5 rings (SSSR count). The average Bonchev–Trinajstić information content (AvgIpc) is 3.29. The molecule has 2 aromatic heterocycles. The van der Waals surface area contributed by atoms with Gasteiger partial charge in [-0.05, 0) is 30.5 Å². The smallest absolute Gasteiger partial charge is 0.320 e. The second kappa shape index (κ2) is 9.18. The van der Waals surface area contributed by atoms with E-state index in [-0.39, 0.29) is 28.8 Å². The van der Waals surface area contributed by atoms with Crippen LogP contribution in [0.1, 0.15) is 18.4 Å². The first-order valence-corrected chi connectivity index (χ1v) is 10.9. The molecule has 3 heterocycles. The second-order valence-corrected chi connectivity index (χ2v) is 8.28. The summed E-state index contributed by atoms with van der Waals surface area (Å²) in [5, 5.41) is 13.7. The third-order valence-electron chi connectivity index (χ3n) is 5.93. The van der Waals surface area contributed by atoms with Crippen molar-refractivity contribution in [1.82, 2.24) is 30.4 Å². The zero-order chi connectivity index (χ0) is 23.7. The van der Waals surface area contributed by atoms with Crippen LogP contribution in [0.25, 0.3) is 21.9 Å². The van der Waals surface area contributed by atoms with Crippen LogP contribution >= 0.6 is 0 Å². The maximum Gasteiger partial charge on any atom is 0.320 e. The predicted molar refractivity (Wildman–Crippen MR) is 123 cm³/mol. The first-order chi connectivity index (χ1) is 16.5. The lowest BCUT2D eigenvalue weighted by Crippen LogP contribution is -2.45. The number of hydrogen-bond acceptors (Lipinski definition) is 6. The molecule has 9 nitrogen and oxygen atoms in total. The van der Waals surface area contributed by atoms with Gasteiger partial charge in [0.05, 0.1) is 29.9 Å². The molecule has 1 saturated heterocycles. The lowest BCUT2D eigenvalue weighted by Gasteiger charge is -2.32. The van der Waals surface area contributed by atoms with Crippen LogP contribution in [0.5, 0.6) is 5.88 Å². The van der Waals surface area contributed by atoms with Gasteiger partial charge in [0.15, 0.2) is 17.5 Å². The lowest BCUT2D eigenvalue weighted by atomic mass is 10.0. The zero-order valence-corrected chi connectivity index (χ0v) is 18.4. The van der Waals surface area contributed by atoms with E-state index in [1.54, 1.807) is 0 Å². The highest BCUT2D eigenvalue weighted by molar-refractivity contribution is 5.91. The van der Waals surface area contributed by atoms with Crippen molar-refractivity contribution in [3.8, 4) is 5.88 Å². The van der Waals surface area contributed by atoms with Crippen molar-refractivity contribution in [1.29, 1.82) is 0 Å². The molecule has 0 aliphatic carbocycles. The van der Waals surface area contributed by atoms with Crippen LogP contribution in [-0.2, 0) is 6.54 Å². The molecule has 0 atom stereocenters. The summed E-state index contributed by atoms with van der Waals surface area (Å²) < 4.78 is 32.2. The minimum absolute atomic E-state index is 0.00134. The number of carbonyl (C=O) groups excluding carboxylic acids is 1. The van der Waals surface area contributed by atoms with E-state index in [4.69, 9.17) is 4.74 Å². The number of amides is 2. The Morgan fingerprint density at radius 2 is 1.88 bits per heavy atom. The number of fused-ring (bicyclic) bond motifs is 2. The fraction of sp³-hybridized carbons (Fsp3) is 0.304. The normalized spacial score (nSPS) is 15.0. The predicted octanol–water partition coefficient (Wildman–Crippen LogP) is 3.58. The van der Waals surface area contributed by atoms with Crippen LogP contribution in [0.2, 0.25) is 0 Å². The van der Waals surface area contributed by atoms with Gasteiger partial charge < -0.3 is 10.1 Å². The maximum absolute atomic E-state index is 13.6. The van der Waals surface area contributed by atoms with Crippen LogP contribution in [0, 0.1) is 11.6 Å². The van der Waals surface area contributed by atoms with Gasteiger partial charge in [-0.1, -0.05) is 6.07 Å². The number of nitrogens with one attached hydrogen (secondary N) is 3. The number of urea groups is 1. The number of likely N-dealkylation sites (tertiary alicyclic amines) is 1. The number of nitrogens with zero attached hydrogens (tertiary/aromatic N) is 4. The number of benzene rings is 2. The Morgan fingerprint density at radius 3 is 2.62 bits per heavy atom. The van der Waals surface area contributed by atoms with E-state index < -0.39 is 17.7 Å². The number of H-pyrrole nitrogens is 1. The van der Waals surface area contributed by atoms with Crippen LogP contribution in [0.3, 0.4) is 0 Å². The summed E-state index contributed by atoms with van der Waals surface area (Å²) in [6.07, 6.45) is 3.41. The summed E-state index contributed by atoms with van der Waals surface area (Å²) in [5.41, 5.74) is 2.47. The van der Waals surface area contributed by atoms with Gasteiger partial charge in [0.2, 0.25) is 0 Å². The largest absolute Gasteiger partial charge is 0.478 e. The Labute approximate surface area is 193 Å². The van der Waals surface area contributed by atoms with E-state index in [2.05, 4.69) is 47.8 Å². The molecule has 34 heavy (non-hydrogen) atoms. The number of ether oxygens (including phenoxy) is 1. The summed E-state index contributed by atoms with van der Waals surface area (Å²) in [5.74, 6) is -2.03. The summed E-state index contributed by atoms with van der Waals surface area (Å²) in [6, 6.07) is 7.67. The van der Waals surface area contributed by atoms with E-state index in [1.165, 1.54) is 12.7 Å². The molecule has 0 spiro atoms. The second-order valence-electron chi connectivity index (χ2n) is 8.28. The van der Waals surface area contributed by atoms with Crippen molar-refractivity contribution >= 4 is 33.8 Å². The van der Waals surface area contributed by atoms with Crippen LogP contribution in [0.15, 0.2) is 36.5 Å². The number of aromatic nitrogens is 4. The molecule has 2 aromatic carbocycles. The Bertz CT molecular complexity index is 1350. The van der Waals surface area contributed by atoms with Gasteiger partial charge in [0.25, 0.3) is 5.88 Å². The summed E-state index contributed by atoms with van der Waals surface area (Å²) in [7, 11) is 1.36. The highest BCUT2D eigenvalue weighted by Crippen LogP contribution is 2.25. The minimum Gasteiger partial charge on any atom is -0.478 e. The monoisotopic (exact) mass is 467 g/mol. The van der Waals surface area contributed by atoms with E-state index >= 15 is 0 Å². The first-order valence-electron chi connectivity index (χ1n) is 10.9. The molecular weight excluding hydrogens is 444 g/mol. The molecule has 0 bridgehead atoms. The van der Waals surface area contributed by atoms with Crippen molar-refractivity contribution in [2.45, 2.75) is 25.4 Å². The van der Waals surface area contributed by atoms with Crippen molar-refractivity contribution in [3.63, 3.8) is 0 Å². The summed E-state index contributed by atoms with van der Waals surface area (Å²) in [4.78, 5) is 23.2. The Kier molecular flexibility index (Phi) is 5.93. The average molecular weight is 467 g/mol. The molecular formula is C23H23F2N7O2. The van der Waals surface area contributed by atoms with Crippen LogP contribution in [-0.4, -0.2) is 57.3 Å². The minimum atomic E-state index is -1.04. The molecule has 0 radical (unpaired) electrons. The van der Waals surface area contributed by atoms with Gasteiger partial charge in [-0.2, -0.15) is 5.10 Å². The maximum atomic E-state index is 13.6. The van der Waals surface area contributed by atoms with Gasteiger partial charge in [-0.3, -0.25) is 15.3 Å². The number of carbonyl (C=O) groups is 1. The van der Waals surface area contributed by atoms with E-state index in [0.717, 1.165) is 55.5 Å². The molecule has 2 amide bonds. The highest BCUT2D eigenvalue weighted by atomic mass is 19.2. The third-order valence-corrected chi connectivity index (χ3v) is 5.93. The number of anilines is 1. The molecule has 0 unspecified atom stereocenters. The summed E-state index contributed by atoms with van der Waals surface area (Å²) in [6.45, 7) is 2.53. The van der Waals surface area contributed by atoms with Gasteiger partial charge in [0.1, 0.15) is 0 Å². The van der Waals surface area contributed by atoms with E-state index in [1.807, 2.05) is 12.3 Å². The number of hydrogen-bond donors (Lipinski definition) is 3. The zero-order valence-electron chi connectivity index (χ0n) is 18.4. The number of rotatable bonds is 5. The standard InChI is InChI=1S/C23H23F2N7O2/c1-34-22-21(28-19-9-16(24)17(25)10-20(19)29-22)30-23(33)27-15-4-6-32(7-5-15)12-13-2-3-18-14(8-13)11-26-31-18/h2-3,8-11,15H,4-7,12H2,1H3,(H,26,31)(H2,27,28,30,33). The molecule has 4 aromatic rings. The SMILES string of the molecule is COc1nc2cc(F)c(F)cc2nc1NC(=O)NC1CCN(Cc2ccc3[nH]ncc3c2)CC1. The molecule has 1 aliphatic heterocycles. The van der Waals surface area contributed by atoms with Gasteiger partial charge in [0, 0.05) is 43.2 Å². The van der Waals surface area contributed by atoms with Gasteiger partial charge in [-0.25, -0.2) is 23.5 Å². The quantitative estimate of drug-likeness (QED) is 0.414. The highest BCUT2D eigenvalue weighted by Gasteiger charge is 2.22. The Morgan fingerprint density at radius 1 is 1.15 bits per heavy atom. The van der Waals surface area contributed by atoms with Crippen molar-refractivity contribution in [2.24, 2.45) is 0 Å². The van der Waals surface area contributed by atoms with Gasteiger partial charge in [-0.15, -0.1) is 0 Å². The lowest BCUT2D eigenvalue weighted by molar-refractivity contribution is 0.190. The fourth-order valence-corrected chi connectivity index (χ4v) is 4.17. The van der Waals surface area contributed by atoms with Gasteiger partial charge >= 0.3 is 6.03 Å². The van der Waals surface area contributed by atoms with Crippen molar-refractivity contribution < 1.29 is 18.3 Å². The fourth-order valence-electron chi connectivity index (χ4n) is 4.17. The van der Waals surface area contributed by atoms with E-state index in [9.17, 15) is 13.6 Å². The van der Waals surface area contributed by atoms with E-state index in [0.29, 0.717) is 0 Å². The van der Waals surface area contributed by atoms with Crippen LogP contribution < -0.4 is 15.4 Å². The Balaban J connectivity index is 1.17. The third kappa shape index (κ3) is 4.60. The number of aromatic amines is 1. The van der Waals surface area contributed by atoms with Crippen molar-refractivity contribution in [2.75, 3.05) is 25.5 Å². The number of halogens is 2. The molecule has 0 saturated carbocycles. The number of methoxy groups -OCH3 is 1. The molecule has 11 heteroatoms. The summed E-state index contributed by atoms with van der Waals surface area (Å²) >= 11 is 0. The molecule has 1 fully saturated rings.